The van der Waals surface area contributed by atoms with Crippen molar-refractivity contribution in [1.82, 2.24) is 9.55 Å². The molecular weight excluding hydrogens is 222 g/mol. The predicted octanol–water partition coefficient (Wildman–Crippen LogP) is 1.52. The zero-order valence-electron chi connectivity index (χ0n) is 8.93. The van der Waals surface area contributed by atoms with Gasteiger partial charge in [-0.3, -0.25) is 0 Å². The number of aliphatic hydroxyl groups is 1. The molecule has 17 heavy (non-hydrogen) atoms. The molecular formula is C11H11N3O3. The van der Waals surface area contributed by atoms with E-state index in [-0.39, 0.29) is 12.5 Å². The van der Waals surface area contributed by atoms with Crippen LogP contribution in [0, 0.1) is 10.1 Å². The summed E-state index contributed by atoms with van der Waals surface area (Å²) in [5.74, 6) is -0.264. The molecule has 88 valence electrons. The van der Waals surface area contributed by atoms with Gasteiger partial charge in [-0.1, -0.05) is 35.3 Å². The minimum atomic E-state index is -0.788. The lowest BCUT2D eigenvalue weighted by Gasteiger charge is -2.09. The van der Waals surface area contributed by atoms with Crippen LogP contribution in [0.5, 0.6) is 0 Å². The van der Waals surface area contributed by atoms with Crippen LogP contribution in [0.3, 0.4) is 0 Å². The van der Waals surface area contributed by atoms with Gasteiger partial charge in [-0.2, -0.15) is 0 Å². The number of nitro groups is 1. The molecule has 0 amide bonds. The van der Waals surface area contributed by atoms with Crippen LogP contribution in [-0.4, -0.2) is 19.6 Å². The van der Waals surface area contributed by atoms with Crippen LogP contribution in [0.15, 0.2) is 42.7 Å². The molecule has 6 heteroatoms. The molecule has 0 aliphatic heterocycles. The molecule has 0 saturated carbocycles. The van der Waals surface area contributed by atoms with E-state index in [1.165, 1.54) is 17.0 Å². The molecule has 1 aromatic carbocycles. The minimum absolute atomic E-state index is 0.111. The van der Waals surface area contributed by atoms with Crippen molar-refractivity contribution in [3.05, 3.63) is 58.4 Å². The van der Waals surface area contributed by atoms with Gasteiger partial charge in [0.2, 0.25) is 0 Å². The number of benzene rings is 1. The maximum atomic E-state index is 10.6. The lowest BCUT2D eigenvalue weighted by atomic mass is 10.1. The SMILES string of the molecule is O=[N+]([O-])c1nccn1CC(O)c1ccccc1. The number of hydrogen-bond acceptors (Lipinski definition) is 4. The maximum absolute atomic E-state index is 10.6. The Morgan fingerprint density at radius 1 is 1.41 bits per heavy atom. The zero-order valence-corrected chi connectivity index (χ0v) is 8.93. The lowest BCUT2D eigenvalue weighted by molar-refractivity contribution is -0.397. The van der Waals surface area contributed by atoms with Crippen molar-refractivity contribution in [2.45, 2.75) is 12.6 Å². The van der Waals surface area contributed by atoms with Gasteiger partial charge in [0, 0.05) is 0 Å². The third-order valence-electron chi connectivity index (χ3n) is 2.41. The first kappa shape index (κ1) is 11.3. The molecule has 2 rings (SSSR count). The smallest absolute Gasteiger partial charge is 0.390 e. The molecule has 0 radical (unpaired) electrons. The Morgan fingerprint density at radius 2 is 2.12 bits per heavy atom. The summed E-state index contributed by atoms with van der Waals surface area (Å²) in [6.45, 7) is 0.111. The van der Waals surface area contributed by atoms with E-state index in [1.807, 2.05) is 6.07 Å². The van der Waals surface area contributed by atoms with Crippen LogP contribution in [0.4, 0.5) is 5.95 Å². The monoisotopic (exact) mass is 233 g/mol. The largest absolute Gasteiger partial charge is 0.434 e. The van der Waals surface area contributed by atoms with Crippen molar-refractivity contribution < 1.29 is 10.0 Å². The highest BCUT2D eigenvalue weighted by atomic mass is 16.6. The van der Waals surface area contributed by atoms with Gasteiger partial charge in [0.15, 0.2) is 0 Å². The van der Waals surface area contributed by atoms with Gasteiger partial charge in [0.25, 0.3) is 0 Å². The standard InChI is InChI=1S/C11H11N3O3/c15-10(9-4-2-1-3-5-9)8-13-7-6-12-11(13)14(16)17/h1-7,10,15H,8H2. The summed E-state index contributed by atoms with van der Waals surface area (Å²) in [6, 6.07) is 9.00. The number of nitrogens with zero attached hydrogens (tertiary/aromatic N) is 3. The first-order valence-corrected chi connectivity index (χ1v) is 5.07. The van der Waals surface area contributed by atoms with Gasteiger partial charge in [0.05, 0.1) is 0 Å². The molecule has 1 heterocycles. The summed E-state index contributed by atoms with van der Waals surface area (Å²) in [7, 11) is 0. The molecule has 0 saturated heterocycles. The van der Waals surface area contributed by atoms with Crippen LogP contribution in [-0.2, 0) is 6.54 Å². The molecule has 1 atom stereocenters. The molecule has 0 fully saturated rings. The summed E-state index contributed by atoms with van der Waals surface area (Å²) in [5, 5.41) is 20.6. The molecule has 2 aromatic rings. The van der Waals surface area contributed by atoms with Gasteiger partial charge in [-0.15, -0.1) is 0 Å². The molecule has 0 spiro atoms. The Balaban J connectivity index is 2.16. The van der Waals surface area contributed by atoms with Crippen molar-refractivity contribution in [3.63, 3.8) is 0 Å². The van der Waals surface area contributed by atoms with Crippen LogP contribution in [0.25, 0.3) is 0 Å². The zero-order chi connectivity index (χ0) is 12.3. The number of hydrogen-bond donors (Lipinski definition) is 1. The summed E-state index contributed by atoms with van der Waals surface area (Å²) < 4.78 is 1.32. The number of aliphatic hydroxyl groups excluding tert-OH is 1. The molecule has 0 bridgehead atoms. The Morgan fingerprint density at radius 3 is 2.76 bits per heavy atom. The molecule has 0 aliphatic carbocycles. The van der Waals surface area contributed by atoms with Gasteiger partial charge < -0.3 is 15.2 Å². The molecule has 1 N–H and O–H groups in total. The maximum Gasteiger partial charge on any atom is 0.434 e. The second-order valence-electron chi connectivity index (χ2n) is 3.56. The van der Waals surface area contributed by atoms with E-state index >= 15 is 0 Å². The van der Waals surface area contributed by atoms with Gasteiger partial charge >= 0.3 is 5.95 Å². The van der Waals surface area contributed by atoms with E-state index in [1.54, 1.807) is 24.3 Å². The number of imidazole rings is 1. The lowest BCUT2D eigenvalue weighted by Crippen LogP contribution is -2.10. The van der Waals surface area contributed by atoms with Crippen molar-refractivity contribution in [1.29, 1.82) is 0 Å². The summed E-state index contributed by atoms with van der Waals surface area (Å²) in [6.07, 6.45) is 2.03. The third kappa shape index (κ3) is 2.48. The second kappa shape index (κ2) is 4.75. The third-order valence-corrected chi connectivity index (χ3v) is 2.41. The normalized spacial score (nSPS) is 12.3. The first-order valence-electron chi connectivity index (χ1n) is 5.07. The highest BCUT2D eigenvalue weighted by Gasteiger charge is 2.18. The first-order chi connectivity index (χ1) is 8.18. The molecule has 0 aliphatic rings. The predicted molar refractivity (Wildman–Crippen MR) is 60.3 cm³/mol. The summed E-state index contributed by atoms with van der Waals surface area (Å²) in [4.78, 5) is 13.7. The van der Waals surface area contributed by atoms with Crippen LogP contribution < -0.4 is 0 Å². The van der Waals surface area contributed by atoms with E-state index in [2.05, 4.69) is 4.98 Å². The van der Waals surface area contributed by atoms with Crippen LogP contribution in [0.2, 0.25) is 0 Å². The molecule has 1 unspecified atom stereocenters. The van der Waals surface area contributed by atoms with Gasteiger partial charge in [0.1, 0.15) is 25.0 Å². The summed E-state index contributed by atoms with van der Waals surface area (Å²) in [5.41, 5.74) is 0.718. The fraction of sp³-hybridized carbons (Fsp3) is 0.182. The minimum Gasteiger partial charge on any atom is -0.390 e. The Bertz CT molecular complexity index is 510. The van der Waals surface area contributed by atoms with Gasteiger partial charge in [-0.05, 0) is 10.5 Å². The van der Waals surface area contributed by atoms with Gasteiger partial charge in [-0.25, -0.2) is 4.57 Å². The Labute approximate surface area is 97.3 Å². The van der Waals surface area contributed by atoms with E-state index in [0.29, 0.717) is 0 Å². The second-order valence-corrected chi connectivity index (χ2v) is 3.56. The number of aromatic nitrogens is 2. The van der Waals surface area contributed by atoms with Crippen LogP contribution in [0.1, 0.15) is 11.7 Å². The fourth-order valence-electron chi connectivity index (χ4n) is 1.58. The van der Waals surface area contributed by atoms with E-state index in [9.17, 15) is 15.2 Å². The van der Waals surface area contributed by atoms with Crippen molar-refractivity contribution in [3.8, 4) is 0 Å². The highest BCUT2D eigenvalue weighted by Crippen LogP contribution is 2.17. The van der Waals surface area contributed by atoms with Crippen LogP contribution >= 0.6 is 0 Å². The van der Waals surface area contributed by atoms with Crippen molar-refractivity contribution >= 4 is 5.95 Å². The highest BCUT2D eigenvalue weighted by molar-refractivity contribution is 5.18. The quantitative estimate of drug-likeness (QED) is 0.641. The van der Waals surface area contributed by atoms with Crippen molar-refractivity contribution in [2.75, 3.05) is 0 Å². The Kier molecular flexibility index (Phi) is 3.15. The molecule has 1 aromatic heterocycles. The topological polar surface area (TPSA) is 81.2 Å². The van der Waals surface area contributed by atoms with E-state index < -0.39 is 11.0 Å². The average Bonchev–Trinajstić information content (AvgIpc) is 2.78. The fourth-order valence-corrected chi connectivity index (χ4v) is 1.58. The molecule has 6 nitrogen and oxygen atoms in total. The van der Waals surface area contributed by atoms with E-state index in [4.69, 9.17) is 0 Å². The Hall–Kier alpha value is -2.21. The summed E-state index contributed by atoms with van der Waals surface area (Å²) >= 11 is 0. The number of rotatable bonds is 4. The van der Waals surface area contributed by atoms with E-state index in [0.717, 1.165) is 5.56 Å². The van der Waals surface area contributed by atoms with Crippen molar-refractivity contribution in [2.24, 2.45) is 0 Å². The average molecular weight is 233 g/mol.